The van der Waals surface area contributed by atoms with Gasteiger partial charge in [0.1, 0.15) is 5.60 Å². The highest BCUT2D eigenvalue weighted by molar-refractivity contribution is 5.69. The van der Waals surface area contributed by atoms with Crippen LogP contribution in [0.15, 0.2) is 0 Å². The van der Waals surface area contributed by atoms with Crippen LogP contribution in [0.25, 0.3) is 0 Å². The second kappa shape index (κ2) is 4.16. The molecule has 1 amide bonds. The van der Waals surface area contributed by atoms with Crippen LogP contribution >= 0.6 is 0 Å². The van der Waals surface area contributed by atoms with Gasteiger partial charge in [-0.2, -0.15) is 0 Å². The number of hydrogen-bond donors (Lipinski definition) is 2. The molecule has 1 aliphatic carbocycles. The van der Waals surface area contributed by atoms with Gasteiger partial charge in [-0.05, 0) is 58.9 Å². The molecule has 2 rings (SSSR count). The Morgan fingerprint density at radius 2 is 2.12 bits per heavy atom. The molecule has 1 heterocycles. The summed E-state index contributed by atoms with van der Waals surface area (Å²) in [6.07, 6.45) is 1.97. The molecule has 0 radical (unpaired) electrons. The fraction of sp³-hybridized carbons (Fsp3) is 0.923. The molecule has 0 aromatic carbocycles. The van der Waals surface area contributed by atoms with E-state index in [1.54, 1.807) is 0 Å². The fourth-order valence-electron chi connectivity index (χ4n) is 3.14. The van der Waals surface area contributed by atoms with Gasteiger partial charge < -0.3 is 15.4 Å². The summed E-state index contributed by atoms with van der Waals surface area (Å²) in [5.74, 6) is 1.27. The molecule has 0 bridgehead atoms. The maximum Gasteiger partial charge on any atom is 0.408 e. The first-order chi connectivity index (χ1) is 7.80. The first-order valence-electron chi connectivity index (χ1n) is 6.52. The van der Waals surface area contributed by atoms with Crippen molar-refractivity contribution < 1.29 is 9.53 Å². The summed E-state index contributed by atoms with van der Waals surface area (Å²) in [6, 6.07) is 0. The van der Waals surface area contributed by atoms with Crippen LogP contribution in [-0.2, 0) is 4.74 Å². The first kappa shape index (κ1) is 12.7. The number of fused-ring (bicyclic) bond motifs is 1. The van der Waals surface area contributed by atoms with Crippen molar-refractivity contribution >= 4 is 6.09 Å². The quantitative estimate of drug-likeness (QED) is 0.736. The lowest BCUT2D eigenvalue weighted by atomic mass is 9.87. The average Bonchev–Trinajstić information content (AvgIpc) is 2.67. The summed E-state index contributed by atoms with van der Waals surface area (Å²) < 4.78 is 5.34. The summed E-state index contributed by atoms with van der Waals surface area (Å²) in [4.78, 5) is 11.9. The van der Waals surface area contributed by atoms with E-state index in [0.29, 0.717) is 5.92 Å². The predicted octanol–water partition coefficient (Wildman–Crippen LogP) is 1.90. The maximum atomic E-state index is 11.9. The highest BCUT2D eigenvalue weighted by atomic mass is 16.6. The molecular formula is C13H24N2O2. The summed E-state index contributed by atoms with van der Waals surface area (Å²) in [7, 11) is 0. The Kier molecular flexibility index (Phi) is 3.10. The summed E-state index contributed by atoms with van der Waals surface area (Å²) >= 11 is 0. The minimum Gasteiger partial charge on any atom is -0.444 e. The number of hydrogen-bond acceptors (Lipinski definition) is 3. The van der Waals surface area contributed by atoms with Crippen LogP contribution in [0, 0.1) is 11.8 Å². The van der Waals surface area contributed by atoms with Crippen LogP contribution in [0.4, 0.5) is 4.79 Å². The Morgan fingerprint density at radius 1 is 1.41 bits per heavy atom. The van der Waals surface area contributed by atoms with Crippen LogP contribution in [0.2, 0.25) is 0 Å². The third-order valence-electron chi connectivity index (χ3n) is 3.98. The van der Waals surface area contributed by atoms with Crippen molar-refractivity contribution in [3.63, 3.8) is 0 Å². The average molecular weight is 240 g/mol. The zero-order valence-electron chi connectivity index (χ0n) is 11.3. The van der Waals surface area contributed by atoms with Crippen molar-refractivity contribution in [3.8, 4) is 0 Å². The van der Waals surface area contributed by atoms with Crippen LogP contribution in [0.3, 0.4) is 0 Å². The van der Waals surface area contributed by atoms with E-state index in [-0.39, 0.29) is 11.6 Å². The van der Waals surface area contributed by atoms with Gasteiger partial charge in [-0.15, -0.1) is 0 Å². The molecule has 0 spiro atoms. The molecule has 1 saturated carbocycles. The summed E-state index contributed by atoms with van der Waals surface area (Å²) in [6.45, 7) is 9.93. The second-order valence-electron chi connectivity index (χ2n) is 6.61. The van der Waals surface area contributed by atoms with Gasteiger partial charge in [0.15, 0.2) is 0 Å². The van der Waals surface area contributed by atoms with Gasteiger partial charge in [0.25, 0.3) is 0 Å². The number of carbonyl (C=O) groups is 1. The lowest BCUT2D eigenvalue weighted by Gasteiger charge is -2.33. The molecule has 3 atom stereocenters. The van der Waals surface area contributed by atoms with E-state index in [4.69, 9.17) is 4.74 Å². The highest BCUT2D eigenvalue weighted by Gasteiger charge is 2.48. The minimum absolute atomic E-state index is 0.101. The maximum absolute atomic E-state index is 11.9. The SMILES string of the molecule is CC(C)(C)OC(=O)NC1(C)CCC2CNCC21. The Labute approximate surface area is 103 Å². The number of alkyl carbamates (subject to hydrolysis) is 1. The van der Waals surface area contributed by atoms with E-state index in [0.717, 1.165) is 25.4 Å². The Hall–Kier alpha value is -0.770. The third kappa shape index (κ3) is 2.73. The van der Waals surface area contributed by atoms with Crippen molar-refractivity contribution in [1.82, 2.24) is 10.6 Å². The molecule has 17 heavy (non-hydrogen) atoms. The van der Waals surface area contributed by atoms with Gasteiger partial charge >= 0.3 is 6.09 Å². The van der Waals surface area contributed by atoms with E-state index in [1.165, 1.54) is 6.42 Å². The monoisotopic (exact) mass is 240 g/mol. The van der Waals surface area contributed by atoms with Crippen LogP contribution < -0.4 is 10.6 Å². The van der Waals surface area contributed by atoms with Crippen LogP contribution in [0.1, 0.15) is 40.5 Å². The number of rotatable bonds is 1. The van der Waals surface area contributed by atoms with Gasteiger partial charge in [-0.3, -0.25) is 0 Å². The zero-order chi connectivity index (χ0) is 12.7. The van der Waals surface area contributed by atoms with Gasteiger partial charge in [0.05, 0.1) is 0 Å². The molecule has 3 unspecified atom stereocenters. The standard InChI is InChI=1S/C13H24N2O2/c1-12(2,3)17-11(16)15-13(4)6-5-9-7-14-8-10(9)13/h9-10,14H,5-8H2,1-4H3,(H,15,16). The van der Waals surface area contributed by atoms with Crippen molar-refractivity contribution in [2.45, 2.75) is 51.7 Å². The number of amides is 1. The van der Waals surface area contributed by atoms with Crippen LogP contribution in [0.5, 0.6) is 0 Å². The molecule has 2 N–H and O–H groups in total. The summed E-state index contributed by atoms with van der Waals surface area (Å²) in [5.41, 5.74) is -0.525. The second-order valence-corrected chi connectivity index (χ2v) is 6.61. The van der Waals surface area contributed by atoms with Gasteiger partial charge in [0.2, 0.25) is 0 Å². The van der Waals surface area contributed by atoms with E-state index in [9.17, 15) is 4.79 Å². The topological polar surface area (TPSA) is 50.4 Å². The van der Waals surface area contributed by atoms with Crippen molar-refractivity contribution in [2.75, 3.05) is 13.1 Å². The number of nitrogens with one attached hydrogen (secondary N) is 2. The minimum atomic E-state index is -0.424. The van der Waals surface area contributed by atoms with Crippen molar-refractivity contribution in [1.29, 1.82) is 0 Å². The normalized spacial score (nSPS) is 36.7. The molecule has 1 saturated heterocycles. The van der Waals surface area contributed by atoms with Gasteiger partial charge in [-0.1, -0.05) is 0 Å². The molecular weight excluding hydrogens is 216 g/mol. The Balaban J connectivity index is 1.96. The van der Waals surface area contributed by atoms with E-state index < -0.39 is 5.60 Å². The molecule has 0 aromatic heterocycles. The lowest BCUT2D eigenvalue weighted by molar-refractivity contribution is 0.0439. The van der Waals surface area contributed by atoms with Crippen molar-refractivity contribution in [2.24, 2.45) is 11.8 Å². The lowest BCUT2D eigenvalue weighted by Crippen LogP contribution is -2.51. The first-order valence-corrected chi connectivity index (χ1v) is 6.52. The number of carbonyl (C=O) groups excluding carboxylic acids is 1. The highest BCUT2D eigenvalue weighted by Crippen LogP contribution is 2.42. The fourth-order valence-corrected chi connectivity index (χ4v) is 3.14. The predicted molar refractivity (Wildman–Crippen MR) is 66.9 cm³/mol. The molecule has 2 fully saturated rings. The van der Waals surface area contributed by atoms with Gasteiger partial charge in [0, 0.05) is 12.1 Å². The smallest absolute Gasteiger partial charge is 0.408 e. The molecule has 2 aliphatic rings. The largest absolute Gasteiger partial charge is 0.444 e. The molecule has 98 valence electrons. The van der Waals surface area contributed by atoms with Crippen molar-refractivity contribution in [3.05, 3.63) is 0 Å². The molecule has 4 nitrogen and oxygen atoms in total. The Morgan fingerprint density at radius 3 is 2.76 bits per heavy atom. The van der Waals surface area contributed by atoms with Crippen LogP contribution in [-0.4, -0.2) is 30.3 Å². The third-order valence-corrected chi connectivity index (χ3v) is 3.98. The van der Waals surface area contributed by atoms with E-state index in [1.807, 2.05) is 20.8 Å². The van der Waals surface area contributed by atoms with E-state index >= 15 is 0 Å². The Bertz CT molecular complexity index is 311. The number of ether oxygens (including phenoxy) is 1. The van der Waals surface area contributed by atoms with E-state index in [2.05, 4.69) is 17.6 Å². The summed E-state index contributed by atoms with van der Waals surface area (Å²) in [5, 5.41) is 6.49. The molecule has 0 aromatic rings. The molecule has 1 aliphatic heterocycles. The molecule has 4 heteroatoms. The van der Waals surface area contributed by atoms with Gasteiger partial charge in [-0.25, -0.2) is 4.79 Å². The zero-order valence-corrected chi connectivity index (χ0v) is 11.3.